The lowest BCUT2D eigenvalue weighted by Gasteiger charge is -2.43. The van der Waals surface area contributed by atoms with Gasteiger partial charge in [-0.3, -0.25) is 4.79 Å². The van der Waals surface area contributed by atoms with Crippen LogP contribution in [0.2, 0.25) is 0 Å². The summed E-state index contributed by atoms with van der Waals surface area (Å²) in [5.41, 5.74) is 5.48. The van der Waals surface area contributed by atoms with Crippen LogP contribution in [0.5, 0.6) is 0 Å². The number of thiocarbonyl (C=S) groups is 1. The summed E-state index contributed by atoms with van der Waals surface area (Å²) >= 11 is 5.36. The number of fused-ring (bicyclic) bond motifs is 1. The zero-order valence-corrected chi connectivity index (χ0v) is 14.4. The molecular weight excluding hydrogens is 280 g/mol. The molecule has 0 bridgehead atoms. The SMILES string of the molecule is CCCC(CCC)(C(=O)N1CCCC2CCCC21)C(N)=S. The van der Waals surface area contributed by atoms with Crippen LogP contribution in [0.1, 0.15) is 71.6 Å². The third kappa shape index (κ3) is 3.10. The number of carbonyl (C=O) groups excluding carboxylic acids is 1. The number of amides is 1. The van der Waals surface area contributed by atoms with Crippen LogP contribution in [0.4, 0.5) is 0 Å². The van der Waals surface area contributed by atoms with Crippen molar-refractivity contribution in [1.29, 1.82) is 0 Å². The molecule has 3 nitrogen and oxygen atoms in total. The van der Waals surface area contributed by atoms with Crippen molar-refractivity contribution < 1.29 is 4.79 Å². The minimum absolute atomic E-state index is 0.232. The van der Waals surface area contributed by atoms with Crippen LogP contribution < -0.4 is 5.73 Å². The first kappa shape index (κ1) is 16.7. The largest absolute Gasteiger partial charge is 0.392 e. The summed E-state index contributed by atoms with van der Waals surface area (Å²) in [4.78, 5) is 15.9. The summed E-state index contributed by atoms with van der Waals surface area (Å²) in [5.74, 6) is 0.949. The minimum Gasteiger partial charge on any atom is -0.392 e. The summed E-state index contributed by atoms with van der Waals surface area (Å²) in [6.45, 7) is 5.13. The first-order chi connectivity index (χ1) is 10.1. The predicted octanol–water partition coefficient (Wildman–Crippen LogP) is 3.65. The van der Waals surface area contributed by atoms with Gasteiger partial charge in [0, 0.05) is 12.6 Å². The lowest BCUT2D eigenvalue weighted by atomic mass is 9.76. The highest BCUT2D eigenvalue weighted by Crippen LogP contribution is 2.41. The van der Waals surface area contributed by atoms with Gasteiger partial charge in [-0.1, -0.05) is 45.3 Å². The van der Waals surface area contributed by atoms with Crippen molar-refractivity contribution >= 4 is 23.1 Å². The molecule has 1 saturated carbocycles. The van der Waals surface area contributed by atoms with Crippen molar-refractivity contribution in [2.75, 3.05) is 6.54 Å². The molecule has 120 valence electrons. The van der Waals surface area contributed by atoms with Crippen LogP contribution in [0, 0.1) is 11.3 Å². The van der Waals surface area contributed by atoms with E-state index in [0.717, 1.165) is 44.6 Å². The second kappa shape index (κ2) is 7.08. The Morgan fingerprint density at radius 1 is 1.19 bits per heavy atom. The van der Waals surface area contributed by atoms with E-state index in [4.69, 9.17) is 18.0 Å². The van der Waals surface area contributed by atoms with E-state index < -0.39 is 5.41 Å². The summed E-state index contributed by atoms with van der Waals surface area (Å²) in [6, 6.07) is 0.452. The number of rotatable bonds is 6. The van der Waals surface area contributed by atoms with Gasteiger partial charge in [-0.05, 0) is 44.4 Å². The molecule has 4 heteroatoms. The zero-order chi connectivity index (χ0) is 15.5. The Labute approximate surface area is 134 Å². The number of piperidine rings is 1. The number of nitrogens with two attached hydrogens (primary N) is 1. The first-order valence-corrected chi connectivity index (χ1v) is 9.08. The standard InChI is InChI=1S/C17H30N2OS/c1-3-10-17(11-4-2,15(18)21)16(20)19-12-6-8-13-7-5-9-14(13)19/h13-14H,3-12H2,1-2H3,(H2,18,21). The fourth-order valence-electron chi connectivity index (χ4n) is 4.53. The summed E-state index contributed by atoms with van der Waals surface area (Å²) < 4.78 is 0. The monoisotopic (exact) mass is 310 g/mol. The van der Waals surface area contributed by atoms with E-state index in [1.165, 1.54) is 25.7 Å². The van der Waals surface area contributed by atoms with Crippen LogP contribution in [0.3, 0.4) is 0 Å². The van der Waals surface area contributed by atoms with Crippen LogP contribution in [0.15, 0.2) is 0 Å². The molecule has 2 aliphatic rings. The van der Waals surface area contributed by atoms with Gasteiger partial charge in [0.05, 0.1) is 10.4 Å². The smallest absolute Gasteiger partial charge is 0.235 e. The van der Waals surface area contributed by atoms with Crippen LogP contribution in [0.25, 0.3) is 0 Å². The fraction of sp³-hybridized carbons (Fsp3) is 0.882. The van der Waals surface area contributed by atoms with Gasteiger partial charge in [0.25, 0.3) is 0 Å². The van der Waals surface area contributed by atoms with Crippen LogP contribution in [-0.2, 0) is 4.79 Å². The van der Waals surface area contributed by atoms with Crippen molar-refractivity contribution in [3.8, 4) is 0 Å². The van der Waals surface area contributed by atoms with E-state index >= 15 is 0 Å². The molecule has 0 aromatic rings. The highest BCUT2D eigenvalue weighted by Gasteiger charge is 2.47. The summed E-state index contributed by atoms with van der Waals surface area (Å²) in [5, 5.41) is 0. The average Bonchev–Trinajstić information content (AvgIpc) is 2.94. The van der Waals surface area contributed by atoms with Gasteiger partial charge >= 0.3 is 0 Å². The molecule has 1 amide bonds. The highest BCUT2D eigenvalue weighted by atomic mass is 32.1. The van der Waals surface area contributed by atoms with Crippen LogP contribution >= 0.6 is 12.2 Å². The van der Waals surface area contributed by atoms with Crippen molar-refractivity contribution in [2.45, 2.75) is 77.7 Å². The highest BCUT2D eigenvalue weighted by molar-refractivity contribution is 7.80. The van der Waals surface area contributed by atoms with Gasteiger partial charge in [0.1, 0.15) is 0 Å². The lowest BCUT2D eigenvalue weighted by Crippen LogP contribution is -2.56. The van der Waals surface area contributed by atoms with Crippen molar-refractivity contribution in [3.05, 3.63) is 0 Å². The molecule has 0 spiro atoms. The topological polar surface area (TPSA) is 46.3 Å². The number of likely N-dealkylation sites (tertiary alicyclic amines) is 1. The molecule has 21 heavy (non-hydrogen) atoms. The Kier molecular flexibility index (Phi) is 5.64. The lowest BCUT2D eigenvalue weighted by molar-refractivity contribution is -0.144. The molecule has 2 rings (SSSR count). The Balaban J connectivity index is 2.26. The Morgan fingerprint density at radius 2 is 1.81 bits per heavy atom. The third-order valence-electron chi connectivity index (χ3n) is 5.49. The molecule has 1 aliphatic carbocycles. The van der Waals surface area contributed by atoms with Crippen molar-refractivity contribution in [1.82, 2.24) is 4.90 Å². The van der Waals surface area contributed by atoms with Crippen molar-refractivity contribution in [3.63, 3.8) is 0 Å². The van der Waals surface area contributed by atoms with E-state index in [9.17, 15) is 4.79 Å². The van der Waals surface area contributed by atoms with Gasteiger partial charge in [-0.25, -0.2) is 0 Å². The zero-order valence-electron chi connectivity index (χ0n) is 13.6. The molecule has 0 aromatic heterocycles. The maximum Gasteiger partial charge on any atom is 0.235 e. The average molecular weight is 311 g/mol. The van der Waals surface area contributed by atoms with E-state index in [1.54, 1.807) is 0 Å². The fourth-order valence-corrected chi connectivity index (χ4v) is 4.82. The molecule has 0 radical (unpaired) electrons. The molecule has 2 unspecified atom stereocenters. The second-order valence-corrected chi connectivity index (χ2v) is 7.29. The molecule has 1 saturated heterocycles. The molecule has 2 fully saturated rings. The number of carbonyl (C=O) groups is 1. The summed E-state index contributed by atoms with van der Waals surface area (Å²) in [6.07, 6.45) is 9.63. The van der Waals surface area contributed by atoms with E-state index in [0.29, 0.717) is 11.0 Å². The number of hydrogen-bond donors (Lipinski definition) is 1. The predicted molar refractivity (Wildman–Crippen MR) is 91.1 cm³/mol. The van der Waals surface area contributed by atoms with Crippen LogP contribution in [-0.4, -0.2) is 28.4 Å². The number of hydrogen-bond acceptors (Lipinski definition) is 2. The van der Waals surface area contributed by atoms with Gasteiger partial charge in [-0.15, -0.1) is 0 Å². The Bertz CT molecular complexity index is 390. The maximum absolute atomic E-state index is 13.3. The first-order valence-electron chi connectivity index (χ1n) is 8.67. The molecule has 2 N–H and O–H groups in total. The van der Waals surface area contributed by atoms with E-state index in [1.807, 2.05) is 0 Å². The van der Waals surface area contributed by atoms with E-state index in [2.05, 4.69) is 18.7 Å². The Hall–Kier alpha value is -0.640. The molecule has 2 atom stereocenters. The van der Waals surface area contributed by atoms with Gasteiger partial charge in [0.2, 0.25) is 5.91 Å². The maximum atomic E-state index is 13.3. The normalized spacial score (nSPS) is 25.7. The minimum atomic E-state index is -0.594. The third-order valence-corrected chi connectivity index (χ3v) is 5.88. The number of nitrogens with zero attached hydrogens (tertiary/aromatic N) is 1. The molecule has 0 aromatic carbocycles. The van der Waals surface area contributed by atoms with Gasteiger partial charge in [-0.2, -0.15) is 0 Å². The van der Waals surface area contributed by atoms with E-state index in [-0.39, 0.29) is 5.91 Å². The molecule has 1 heterocycles. The molecule has 1 aliphatic heterocycles. The quantitative estimate of drug-likeness (QED) is 0.762. The van der Waals surface area contributed by atoms with Crippen molar-refractivity contribution in [2.24, 2.45) is 17.1 Å². The van der Waals surface area contributed by atoms with Gasteiger partial charge < -0.3 is 10.6 Å². The van der Waals surface area contributed by atoms with Gasteiger partial charge in [0.15, 0.2) is 0 Å². The summed E-state index contributed by atoms with van der Waals surface area (Å²) in [7, 11) is 0. The second-order valence-electron chi connectivity index (χ2n) is 6.85. The molecular formula is C17H30N2OS. The Morgan fingerprint density at radius 3 is 2.38 bits per heavy atom.